The molecule has 0 heterocycles. The minimum absolute atomic E-state index is 0.202. The van der Waals surface area contributed by atoms with Gasteiger partial charge in [-0.25, -0.2) is 0 Å². The summed E-state index contributed by atoms with van der Waals surface area (Å²) in [5.74, 6) is 3.08. The number of allylic oxidation sites excluding steroid dienone is 2. The predicted octanol–water partition coefficient (Wildman–Crippen LogP) is 4.04. The van der Waals surface area contributed by atoms with Crippen LogP contribution in [0.5, 0.6) is 0 Å². The largest absolute Gasteiger partial charge is 0.0811 e. The van der Waals surface area contributed by atoms with Gasteiger partial charge in [-0.2, -0.15) is 0 Å². The molecule has 1 heteroatoms. The van der Waals surface area contributed by atoms with Crippen LogP contribution in [-0.4, -0.2) is 13.6 Å². The SMILES string of the molecule is C[Si](C)=C1C2=CCCCC2C2CCCCC12. The normalized spacial score (nSPS) is 37.8. The second-order valence-electron chi connectivity index (χ2n) is 6.17. The molecule has 0 aliphatic heterocycles. The Labute approximate surface area is 101 Å². The molecule has 88 valence electrons. The lowest BCUT2D eigenvalue weighted by Gasteiger charge is -2.29. The van der Waals surface area contributed by atoms with Gasteiger partial charge in [-0.1, -0.05) is 37.2 Å². The Morgan fingerprint density at radius 3 is 2.56 bits per heavy atom. The smallest absolute Gasteiger partial charge is 0.00821 e. The molecule has 3 aliphatic rings. The summed E-state index contributed by atoms with van der Waals surface area (Å²) in [6, 6.07) is 0. The highest BCUT2D eigenvalue weighted by atomic mass is 28.2. The Bertz CT molecular complexity index is 346. The summed E-state index contributed by atoms with van der Waals surface area (Å²) in [4.78, 5) is 0. The Balaban J connectivity index is 2.04. The van der Waals surface area contributed by atoms with Crippen LogP contribution in [0.2, 0.25) is 13.1 Å². The van der Waals surface area contributed by atoms with Crippen molar-refractivity contribution in [3.05, 3.63) is 11.6 Å². The first-order valence-corrected chi connectivity index (χ1v) is 9.67. The van der Waals surface area contributed by atoms with E-state index in [1.54, 1.807) is 0 Å². The zero-order valence-corrected chi connectivity index (χ0v) is 11.8. The summed E-state index contributed by atoms with van der Waals surface area (Å²) < 4.78 is 0. The third-order valence-corrected chi connectivity index (χ3v) is 6.78. The minimum Gasteiger partial charge on any atom is -0.0811 e. The van der Waals surface area contributed by atoms with Crippen molar-refractivity contribution in [3.63, 3.8) is 0 Å². The molecular formula is C15H24Si. The molecular weight excluding hydrogens is 208 g/mol. The van der Waals surface area contributed by atoms with Crippen molar-refractivity contribution >= 4 is 13.6 Å². The highest BCUT2D eigenvalue weighted by molar-refractivity contribution is 6.72. The summed E-state index contributed by atoms with van der Waals surface area (Å²) >= 11 is 0. The van der Waals surface area contributed by atoms with Gasteiger partial charge in [-0.15, -0.1) is 0 Å². The highest BCUT2D eigenvalue weighted by Gasteiger charge is 2.44. The first kappa shape index (κ1) is 10.9. The molecule has 0 amide bonds. The van der Waals surface area contributed by atoms with Crippen LogP contribution in [0, 0.1) is 17.8 Å². The van der Waals surface area contributed by atoms with Crippen molar-refractivity contribution in [2.24, 2.45) is 17.8 Å². The third kappa shape index (κ3) is 1.59. The van der Waals surface area contributed by atoms with E-state index in [4.69, 9.17) is 0 Å². The van der Waals surface area contributed by atoms with E-state index in [-0.39, 0.29) is 8.41 Å². The van der Waals surface area contributed by atoms with E-state index < -0.39 is 0 Å². The predicted molar refractivity (Wildman–Crippen MR) is 73.4 cm³/mol. The molecule has 0 N–H and O–H groups in total. The fraction of sp³-hybridized carbons (Fsp3) is 0.800. The van der Waals surface area contributed by atoms with E-state index in [0.29, 0.717) is 0 Å². The zero-order valence-electron chi connectivity index (χ0n) is 10.8. The maximum absolute atomic E-state index is 2.62. The quantitative estimate of drug-likeness (QED) is 0.553. The van der Waals surface area contributed by atoms with E-state index in [2.05, 4.69) is 19.2 Å². The molecule has 0 radical (unpaired) electrons. The fourth-order valence-electron chi connectivity index (χ4n) is 4.53. The van der Waals surface area contributed by atoms with Crippen LogP contribution in [0.4, 0.5) is 0 Å². The maximum atomic E-state index is 2.62. The van der Waals surface area contributed by atoms with E-state index in [0.717, 1.165) is 17.8 Å². The number of hydrogen-bond acceptors (Lipinski definition) is 0. The minimum atomic E-state index is -0.202. The van der Waals surface area contributed by atoms with E-state index in [1.165, 1.54) is 44.9 Å². The molecule has 2 saturated carbocycles. The summed E-state index contributed by atoms with van der Waals surface area (Å²) in [7, 11) is -0.202. The molecule has 3 rings (SSSR count). The highest BCUT2D eigenvalue weighted by Crippen LogP contribution is 2.50. The van der Waals surface area contributed by atoms with Crippen molar-refractivity contribution < 1.29 is 0 Å². The van der Waals surface area contributed by atoms with Crippen LogP contribution in [0.25, 0.3) is 0 Å². The zero-order chi connectivity index (χ0) is 11.1. The van der Waals surface area contributed by atoms with E-state index in [9.17, 15) is 0 Å². The van der Waals surface area contributed by atoms with Crippen LogP contribution in [-0.2, 0) is 0 Å². The topological polar surface area (TPSA) is 0 Å². The lowest BCUT2D eigenvalue weighted by molar-refractivity contribution is 0.246. The summed E-state index contributed by atoms with van der Waals surface area (Å²) in [5.41, 5.74) is 1.86. The third-order valence-electron chi connectivity index (χ3n) is 5.04. The van der Waals surface area contributed by atoms with Crippen molar-refractivity contribution in [1.29, 1.82) is 0 Å². The van der Waals surface area contributed by atoms with Gasteiger partial charge in [0.2, 0.25) is 0 Å². The van der Waals surface area contributed by atoms with Crippen molar-refractivity contribution in [1.82, 2.24) is 0 Å². The second-order valence-corrected chi connectivity index (χ2v) is 8.70. The molecule has 3 aliphatic carbocycles. The van der Waals surface area contributed by atoms with Crippen LogP contribution >= 0.6 is 0 Å². The molecule has 0 aromatic rings. The summed E-state index contributed by atoms with van der Waals surface area (Å²) in [5, 5.41) is 1.97. The second kappa shape index (κ2) is 4.25. The number of rotatable bonds is 0. The monoisotopic (exact) mass is 232 g/mol. The first-order valence-electron chi connectivity index (χ1n) is 7.17. The molecule has 0 bridgehead atoms. The Morgan fingerprint density at radius 1 is 1.00 bits per heavy atom. The maximum Gasteiger partial charge on any atom is 0.00821 e. The van der Waals surface area contributed by atoms with E-state index >= 15 is 0 Å². The Kier molecular flexibility index (Phi) is 2.91. The van der Waals surface area contributed by atoms with Crippen LogP contribution in [0.3, 0.4) is 0 Å². The van der Waals surface area contributed by atoms with E-state index in [1.807, 2.05) is 10.7 Å². The first-order chi connectivity index (χ1) is 7.79. The average molecular weight is 232 g/mol. The van der Waals surface area contributed by atoms with Crippen LogP contribution in [0.1, 0.15) is 44.9 Å². The number of hydrogen-bond donors (Lipinski definition) is 0. The van der Waals surface area contributed by atoms with Crippen LogP contribution < -0.4 is 0 Å². The van der Waals surface area contributed by atoms with Gasteiger partial charge in [0.1, 0.15) is 0 Å². The molecule has 3 atom stereocenters. The lowest BCUT2D eigenvalue weighted by atomic mass is 9.75. The fourth-order valence-corrected chi connectivity index (χ4v) is 6.49. The Hall–Kier alpha value is -0.173. The molecule has 0 aromatic heterocycles. The number of fused-ring (bicyclic) bond motifs is 3. The summed E-state index contributed by atoms with van der Waals surface area (Å²) in [6.45, 7) is 5.03. The molecule has 0 nitrogen and oxygen atoms in total. The molecule has 3 unspecified atom stereocenters. The molecule has 16 heavy (non-hydrogen) atoms. The Morgan fingerprint density at radius 2 is 1.75 bits per heavy atom. The average Bonchev–Trinajstić information content (AvgIpc) is 2.63. The van der Waals surface area contributed by atoms with Gasteiger partial charge in [0.15, 0.2) is 0 Å². The van der Waals surface area contributed by atoms with Gasteiger partial charge >= 0.3 is 0 Å². The standard InChI is InChI=1S/C15H24Si/c1-16(2)15-13-9-5-3-7-11(13)12-8-4-6-10-14(12)15/h9,11-12,14H,3-8,10H2,1-2H3. The molecule has 0 spiro atoms. The molecule has 0 saturated heterocycles. The van der Waals surface area contributed by atoms with Gasteiger partial charge in [0, 0.05) is 8.41 Å². The van der Waals surface area contributed by atoms with Gasteiger partial charge in [0.25, 0.3) is 0 Å². The van der Waals surface area contributed by atoms with Gasteiger partial charge in [0.05, 0.1) is 0 Å². The van der Waals surface area contributed by atoms with Crippen molar-refractivity contribution in [2.45, 2.75) is 58.0 Å². The van der Waals surface area contributed by atoms with Gasteiger partial charge in [-0.05, 0) is 55.4 Å². The van der Waals surface area contributed by atoms with Gasteiger partial charge < -0.3 is 0 Å². The van der Waals surface area contributed by atoms with Crippen molar-refractivity contribution in [3.8, 4) is 0 Å². The van der Waals surface area contributed by atoms with Crippen LogP contribution in [0.15, 0.2) is 11.6 Å². The molecule has 2 fully saturated rings. The lowest BCUT2D eigenvalue weighted by Crippen LogP contribution is -2.24. The molecule has 0 aromatic carbocycles. The van der Waals surface area contributed by atoms with Gasteiger partial charge in [-0.3, -0.25) is 0 Å². The summed E-state index contributed by atoms with van der Waals surface area (Å²) in [6.07, 6.45) is 13.0. The van der Waals surface area contributed by atoms with Crippen molar-refractivity contribution in [2.75, 3.05) is 0 Å².